The summed E-state index contributed by atoms with van der Waals surface area (Å²) in [5.41, 5.74) is 5.09. The van der Waals surface area contributed by atoms with Crippen LogP contribution in [0.2, 0.25) is 0 Å². The molecule has 1 aromatic heterocycles. The van der Waals surface area contributed by atoms with Gasteiger partial charge in [0.05, 0.1) is 5.69 Å². The van der Waals surface area contributed by atoms with Crippen molar-refractivity contribution in [3.8, 4) is 0 Å². The predicted octanol–water partition coefficient (Wildman–Crippen LogP) is 4.67. The minimum Gasteiger partial charge on any atom is -0.356 e. The number of aryl methyl sites for hydroxylation is 2. The van der Waals surface area contributed by atoms with Crippen LogP contribution in [0, 0.1) is 19.3 Å². The number of benzene rings is 1. The predicted molar refractivity (Wildman–Crippen MR) is 91.4 cm³/mol. The Morgan fingerprint density at radius 1 is 1.14 bits per heavy atom. The number of likely N-dealkylation sites (tertiary alicyclic amines) is 1. The van der Waals surface area contributed by atoms with Gasteiger partial charge in [-0.3, -0.25) is 0 Å². The maximum Gasteiger partial charge on any atom is 0.167 e. The molecule has 0 atom stereocenters. The second kappa shape index (κ2) is 5.69. The van der Waals surface area contributed by atoms with Gasteiger partial charge in [-0.25, -0.2) is 0 Å². The molecule has 3 nitrogen and oxygen atoms in total. The van der Waals surface area contributed by atoms with Crippen molar-refractivity contribution >= 4 is 11.0 Å². The number of piperidine rings is 1. The molecule has 1 fully saturated rings. The number of aromatic nitrogens is 1. The average molecular weight is 300 g/mol. The summed E-state index contributed by atoms with van der Waals surface area (Å²) in [6.45, 7) is 14.7. The molecule has 0 saturated carbocycles. The highest BCUT2D eigenvalue weighted by Crippen LogP contribution is 2.34. The molecular weight excluding hydrogens is 272 g/mol. The van der Waals surface area contributed by atoms with Gasteiger partial charge in [0.2, 0.25) is 0 Å². The first-order valence-corrected chi connectivity index (χ1v) is 8.42. The molecule has 0 spiro atoms. The molecule has 120 valence electrons. The van der Waals surface area contributed by atoms with Crippen LogP contribution >= 0.6 is 0 Å². The SMILES string of the molecule is Cc1cc2onc(C3CCN(CC(C)(C)C)CC3)c2cc1C. The van der Waals surface area contributed by atoms with Crippen LogP contribution in [0.4, 0.5) is 0 Å². The van der Waals surface area contributed by atoms with Crippen LogP contribution in [-0.4, -0.2) is 29.7 Å². The van der Waals surface area contributed by atoms with Crippen molar-refractivity contribution < 1.29 is 4.52 Å². The Labute approximate surface area is 133 Å². The number of nitrogens with zero attached hydrogens (tertiary/aromatic N) is 2. The molecule has 1 aliphatic rings. The van der Waals surface area contributed by atoms with E-state index in [2.05, 4.69) is 56.8 Å². The Morgan fingerprint density at radius 3 is 2.41 bits per heavy atom. The third-order valence-electron chi connectivity index (χ3n) is 4.79. The summed E-state index contributed by atoms with van der Waals surface area (Å²) in [5.74, 6) is 0.541. The van der Waals surface area contributed by atoms with Gasteiger partial charge in [0, 0.05) is 17.8 Å². The fourth-order valence-corrected chi connectivity index (χ4v) is 3.54. The van der Waals surface area contributed by atoms with Gasteiger partial charge in [0.25, 0.3) is 0 Å². The van der Waals surface area contributed by atoms with Crippen molar-refractivity contribution in [1.82, 2.24) is 10.1 Å². The molecule has 1 aromatic carbocycles. The van der Waals surface area contributed by atoms with E-state index in [9.17, 15) is 0 Å². The van der Waals surface area contributed by atoms with E-state index in [-0.39, 0.29) is 0 Å². The number of rotatable bonds is 2. The highest BCUT2D eigenvalue weighted by Gasteiger charge is 2.27. The fourth-order valence-electron chi connectivity index (χ4n) is 3.54. The summed E-state index contributed by atoms with van der Waals surface area (Å²) >= 11 is 0. The largest absolute Gasteiger partial charge is 0.356 e. The fraction of sp³-hybridized carbons (Fsp3) is 0.632. The van der Waals surface area contributed by atoms with Crippen LogP contribution in [0.1, 0.15) is 56.4 Å². The van der Waals surface area contributed by atoms with Crippen LogP contribution in [0.15, 0.2) is 16.7 Å². The van der Waals surface area contributed by atoms with E-state index in [0.29, 0.717) is 11.3 Å². The summed E-state index contributed by atoms with van der Waals surface area (Å²) in [5, 5.41) is 5.63. The highest BCUT2D eigenvalue weighted by atomic mass is 16.5. The summed E-state index contributed by atoms with van der Waals surface area (Å²) in [6.07, 6.45) is 2.37. The van der Waals surface area contributed by atoms with Gasteiger partial charge < -0.3 is 9.42 Å². The zero-order chi connectivity index (χ0) is 15.9. The summed E-state index contributed by atoms with van der Waals surface area (Å²) in [6, 6.07) is 4.37. The Balaban J connectivity index is 1.75. The van der Waals surface area contributed by atoms with E-state index in [1.54, 1.807) is 0 Å². The Kier molecular flexibility index (Phi) is 4.02. The average Bonchev–Trinajstić information content (AvgIpc) is 2.81. The van der Waals surface area contributed by atoms with Gasteiger partial charge >= 0.3 is 0 Å². The van der Waals surface area contributed by atoms with E-state index < -0.39 is 0 Å². The second-order valence-corrected chi connectivity index (χ2v) is 8.11. The third kappa shape index (κ3) is 3.19. The maximum atomic E-state index is 5.58. The van der Waals surface area contributed by atoms with Crippen molar-refractivity contribution in [2.24, 2.45) is 5.41 Å². The molecule has 0 N–H and O–H groups in total. The van der Waals surface area contributed by atoms with Crippen LogP contribution in [0.3, 0.4) is 0 Å². The standard InChI is InChI=1S/C19H28N2O/c1-13-10-16-17(11-14(13)2)22-20-18(16)15-6-8-21(9-7-15)12-19(3,4)5/h10-11,15H,6-9,12H2,1-5H3. The number of hydrogen-bond acceptors (Lipinski definition) is 3. The van der Waals surface area contributed by atoms with E-state index in [4.69, 9.17) is 4.52 Å². The molecule has 3 rings (SSSR count). The molecule has 3 heteroatoms. The lowest BCUT2D eigenvalue weighted by Crippen LogP contribution is -2.38. The number of fused-ring (bicyclic) bond motifs is 1. The lowest BCUT2D eigenvalue weighted by atomic mass is 9.89. The molecule has 2 heterocycles. The highest BCUT2D eigenvalue weighted by molar-refractivity contribution is 5.81. The molecule has 1 aliphatic heterocycles. The van der Waals surface area contributed by atoms with E-state index in [1.165, 1.54) is 54.7 Å². The van der Waals surface area contributed by atoms with Gasteiger partial charge in [-0.2, -0.15) is 0 Å². The molecule has 0 unspecified atom stereocenters. The smallest absolute Gasteiger partial charge is 0.167 e. The lowest BCUT2D eigenvalue weighted by molar-refractivity contribution is 0.152. The van der Waals surface area contributed by atoms with Gasteiger partial charge in [-0.15, -0.1) is 0 Å². The van der Waals surface area contributed by atoms with Crippen LogP contribution in [0.5, 0.6) is 0 Å². The molecule has 2 aromatic rings. The van der Waals surface area contributed by atoms with Gasteiger partial charge in [-0.1, -0.05) is 25.9 Å². The molecule has 0 radical (unpaired) electrons. The second-order valence-electron chi connectivity index (χ2n) is 8.11. The monoisotopic (exact) mass is 300 g/mol. The van der Waals surface area contributed by atoms with Gasteiger partial charge in [-0.05, 0) is 68.5 Å². The Bertz CT molecular complexity index is 658. The van der Waals surface area contributed by atoms with Crippen LogP contribution < -0.4 is 0 Å². The summed E-state index contributed by atoms with van der Waals surface area (Å²) in [4.78, 5) is 2.59. The zero-order valence-corrected chi connectivity index (χ0v) is 14.6. The zero-order valence-electron chi connectivity index (χ0n) is 14.6. The van der Waals surface area contributed by atoms with Crippen molar-refractivity contribution in [1.29, 1.82) is 0 Å². The minimum atomic E-state index is 0.377. The first kappa shape index (κ1) is 15.5. The van der Waals surface area contributed by atoms with Crippen molar-refractivity contribution in [3.05, 3.63) is 29.0 Å². The van der Waals surface area contributed by atoms with Gasteiger partial charge in [0.15, 0.2) is 5.58 Å². The normalized spacial score (nSPS) is 18.2. The summed E-state index contributed by atoms with van der Waals surface area (Å²) in [7, 11) is 0. The summed E-state index contributed by atoms with van der Waals surface area (Å²) < 4.78 is 5.58. The van der Waals surface area contributed by atoms with E-state index in [1.807, 2.05) is 0 Å². The molecule has 0 aliphatic carbocycles. The number of hydrogen-bond donors (Lipinski definition) is 0. The van der Waals surface area contributed by atoms with Crippen molar-refractivity contribution in [3.63, 3.8) is 0 Å². The Hall–Kier alpha value is -1.35. The third-order valence-corrected chi connectivity index (χ3v) is 4.79. The molecular formula is C19H28N2O. The molecule has 0 amide bonds. The van der Waals surface area contributed by atoms with E-state index in [0.717, 1.165) is 5.58 Å². The van der Waals surface area contributed by atoms with Crippen LogP contribution in [-0.2, 0) is 0 Å². The first-order chi connectivity index (χ1) is 10.3. The first-order valence-electron chi connectivity index (χ1n) is 8.42. The van der Waals surface area contributed by atoms with Gasteiger partial charge in [0.1, 0.15) is 0 Å². The van der Waals surface area contributed by atoms with Crippen LogP contribution in [0.25, 0.3) is 11.0 Å². The topological polar surface area (TPSA) is 29.3 Å². The molecule has 1 saturated heterocycles. The quantitative estimate of drug-likeness (QED) is 0.807. The van der Waals surface area contributed by atoms with Crippen molar-refractivity contribution in [2.75, 3.05) is 19.6 Å². The van der Waals surface area contributed by atoms with E-state index >= 15 is 0 Å². The Morgan fingerprint density at radius 2 is 1.77 bits per heavy atom. The molecule has 22 heavy (non-hydrogen) atoms. The minimum absolute atomic E-state index is 0.377. The maximum absolute atomic E-state index is 5.58. The lowest BCUT2D eigenvalue weighted by Gasteiger charge is -2.35. The molecule has 0 bridgehead atoms. The van der Waals surface area contributed by atoms with Crippen molar-refractivity contribution in [2.45, 2.75) is 53.4 Å².